The van der Waals surface area contributed by atoms with E-state index in [0.717, 1.165) is 37.8 Å². The predicted molar refractivity (Wildman–Crippen MR) is 107 cm³/mol. The number of hydrogen-bond acceptors (Lipinski definition) is 6. The number of amides is 1. The van der Waals surface area contributed by atoms with Crippen molar-refractivity contribution in [1.82, 2.24) is 20.2 Å². The Kier molecular flexibility index (Phi) is 5.66. The van der Waals surface area contributed by atoms with Crippen molar-refractivity contribution in [2.75, 3.05) is 50.1 Å². The number of likely N-dealkylation sites (tertiary alicyclic amines) is 1. The van der Waals surface area contributed by atoms with Crippen LogP contribution < -0.4 is 15.1 Å². The fraction of sp³-hybridized carbons (Fsp3) is 0.750. The van der Waals surface area contributed by atoms with E-state index in [-0.39, 0.29) is 17.9 Å². The molecule has 0 unspecified atom stereocenters. The summed E-state index contributed by atoms with van der Waals surface area (Å²) in [6.45, 7) is 2.83. The van der Waals surface area contributed by atoms with Crippen molar-refractivity contribution in [2.24, 2.45) is 5.92 Å². The number of halogens is 1. The number of rotatable bonds is 6. The van der Waals surface area contributed by atoms with E-state index in [2.05, 4.69) is 20.2 Å². The number of aromatic nitrogens is 2. The van der Waals surface area contributed by atoms with Gasteiger partial charge in [0, 0.05) is 45.2 Å². The van der Waals surface area contributed by atoms with Gasteiger partial charge in [0.15, 0.2) is 0 Å². The fourth-order valence-corrected chi connectivity index (χ4v) is 4.38. The number of carbonyl (C=O) groups is 1. The van der Waals surface area contributed by atoms with Crippen LogP contribution >= 0.6 is 0 Å². The summed E-state index contributed by atoms with van der Waals surface area (Å²) in [5.74, 6) is 1.53. The van der Waals surface area contributed by atoms with Gasteiger partial charge in [-0.15, -0.1) is 0 Å². The van der Waals surface area contributed by atoms with Crippen LogP contribution in [-0.4, -0.2) is 79.3 Å². The van der Waals surface area contributed by atoms with Gasteiger partial charge in [-0.3, -0.25) is 4.79 Å². The highest BCUT2D eigenvalue weighted by molar-refractivity contribution is 5.78. The van der Waals surface area contributed by atoms with E-state index in [9.17, 15) is 9.18 Å². The van der Waals surface area contributed by atoms with E-state index in [1.807, 2.05) is 30.0 Å². The first kappa shape index (κ1) is 19.4. The van der Waals surface area contributed by atoms with Gasteiger partial charge in [0.1, 0.15) is 12.0 Å². The molecule has 7 nitrogen and oxygen atoms in total. The number of nitrogens with zero attached hydrogens (tertiary/aromatic N) is 5. The molecule has 0 bridgehead atoms. The largest absolute Gasteiger partial charge is 0.354 e. The number of piperidine rings is 1. The second kappa shape index (κ2) is 8.19. The van der Waals surface area contributed by atoms with Crippen molar-refractivity contribution in [3.05, 3.63) is 12.3 Å². The van der Waals surface area contributed by atoms with Gasteiger partial charge in [-0.25, -0.2) is 9.37 Å². The van der Waals surface area contributed by atoms with Gasteiger partial charge >= 0.3 is 0 Å². The molecule has 3 fully saturated rings. The standard InChI is InChI=1S/C20H31FN6O/c1-25(2)20-22-8-5-18(24-20)27-13-15(21)11-17(27)12-23-19(28)14-6-9-26(10-7-14)16-3-4-16/h5,8,14-17H,3-4,6-7,9-13H2,1-2H3,(H,23,28)/t15-,17-/m0/s1. The lowest BCUT2D eigenvalue weighted by atomic mass is 9.95. The zero-order valence-electron chi connectivity index (χ0n) is 16.9. The summed E-state index contributed by atoms with van der Waals surface area (Å²) < 4.78 is 14.2. The van der Waals surface area contributed by atoms with E-state index in [0.29, 0.717) is 25.5 Å². The summed E-state index contributed by atoms with van der Waals surface area (Å²) in [4.78, 5) is 27.7. The lowest BCUT2D eigenvalue weighted by Gasteiger charge is -2.32. The van der Waals surface area contributed by atoms with Crippen LogP contribution in [0.15, 0.2) is 12.3 Å². The molecule has 2 saturated heterocycles. The van der Waals surface area contributed by atoms with Gasteiger partial charge in [0.05, 0.1) is 12.6 Å². The van der Waals surface area contributed by atoms with Gasteiger partial charge in [0.25, 0.3) is 0 Å². The van der Waals surface area contributed by atoms with Crippen LogP contribution in [0.1, 0.15) is 32.1 Å². The first-order valence-corrected chi connectivity index (χ1v) is 10.4. The maximum Gasteiger partial charge on any atom is 0.226 e. The SMILES string of the molecule is CN(C)c1nccc(N2C[C@@H](F)C[C@H]2CNC(=O)C2CCN(C3CC3)CC2)n1. The number of nitrogens with one attached hydrogen (secondary N) is 1. The van der Waals surface area contributed by atoms with Crippen molar-refractivity contribution in [3.8, 4) is 0 Å². The Morgan fingerprint density at radius 2 is 2.04 bits per heavy atom. The molecule has 1 amide bonds. The van der Waals surface area contributed by atoms with Crippen molar-refractivity contribution in [2.45, 2.75) is 50.4 Å². The highest BCUT2D eigenvalue weighted by Gasteiger charge is 2.36. The molecule has 0 radical (unpaired) electrons. The topological polar surface area (TPSA) is 64.6 Å². The molecule has 1 aromatic rings. The summed E-state index contributed by atoms with van der Waals surface area (Å²) in [5.41, 5.74) is 0. The molecule has 8 heteroatoms. The van der Waals surface area contributed by atoms with Crippen LogP contribution in [0, 0.1) is 5.92 Å². The second-order valence-electron chi connectivity index (χ2n) is 8.54. The molecule has 2 aliphatic heterocycles. The number of anilines is 2. The zero-order valence-corrected chi connectivity index (χ0v) is 16.9. The van der Waals surface area contributed by atoms with Crippen molar-refractivity contribution in [3.63, 3.8) is 0 Å². The van der Waals surface area contributed by atoms with Crippen molar-refractivity contribution >= 4 is 17.7 Å². The van der Waals surface area contributed by atoms with Gasteiger partial charge in [-0.2, -0.15) is 4.98 Å². The van der Waals surface area contributed by atoms with Crippen molar-refractivity contribution < 1.29 is 9.18 Å². The lowest BCUT2D eigenvalue weighted by Crippen LogP contribution is -2.45. The average Bonchev–Trinajstić information content (AvgIpc) is 3.48. The van der Waals surface area contributed by atoms with Gasteiger partial charge in [-0.05, 0) is 44.8 Å². The quantitative estimate of drug-likeness (QED) is 0.793. The molecule has 1 aromatic heterocycles. The van der Waals surface area contributed by atoms with E-state index in [4.69, 9.17) is 0 Å². The van der Waals surface area contributed by atoms with E-state index in [1.54, 1.807) is 6.20 Å². The molecule has 1 saturated carbocycles. The summed E-state index contributed by atoms with van der Waals surface area (Å²) in [6.07, 6.45) is 5.71. The second-order valence-corrected chi connectivity index (χ2v) is 8.54. The van der Waals surface area contributed by atoms with E-state index in [1.165, 1.54) is 12.8 Å². The Bertz CT molecular complexity index is 689. The van der Waals surface area contributed by atoms with Gasteiger partial charge in [-0.1, -0.05) is 0 Å². The molecule has 4 rings (SSSR count). The third-order valence-corrected chi connectivity index (χ3v) is 6.16. The number of alkyl halides is 1. The minimum Gasteiger partial charge on any atom is -0.354 e. The third kappa shape index (κ3) is 4.37. The van der Waals surface area contributed by atoms with Crippen LogP contribution in [0.3, 0.4) is 0 Å². The molecule has 2 atom stereocenters. The summed E-state index contributed by atoms with van der Waals surface area (Å²) in [5, 5.41) is 3.09. The Balaban J connectivity index is 1.32. The average molecular weight is 391 g/mol. The third-order valence-electron chi connectivity index (χ3n) is 6.16. The molecule has 1 aliphatic carbocycles. The molecular weight excluding hydrogens is 359 g/mol. The normalized spacial score (nSPS) is 26.5. The van der Waals surface area contributed by atoms with Gasteiger partial charge in [0.2, 0.25) is 11.9 Å². The number of carbonyl (C=O) groups excluding carboxylic acids is 1. The molecule has 1 N–H and O–H groups in total. The first-order chi connectivity index (χ1) is 13.5. The van der Waals surface area contributed by atoms with Crippen LogP contribution in [0.5, 0.6) is 0 Å². The highest BCUT2D eigenvalue weighted by Crippen LogP contribution is 2.31. The zero-order chi connectivity index (χ0) is 19.7. The molecule has 0 aromatic carbocycles. The Morgan fingerprint density at radius 1 is 1.29 bits per heavy atom. The van der Waals surface area contributed by atoms with Crippen LogP contribution in [0.4, 0.5) is 16.2 Å². The maximum atomic E-state index is 14.2. The summed E-state index contributed by atoms with van der Waals surface area (Å²) in [6, 6.07) is 2.51. The van der Waals surface area contributed by atoms with Crippen LogP contribution in [-0.2, 0) is 4.79 Å². The van der Waals surface area contributed by atoms with Gasteiger partial charge < -0.3 is 20.0 Å². The Morgan fingerprint density at radius 3 is 2.71 bits per heavy atom. The summed E-state index contributed by atoms with van der Waals surface area (Å²) in [7, 11) is 3.76. The molecule has 3 heterocycles. The first-order valence-electron chi connectivity index (χ1n) is 10.4. The molecule has 0 spiro atoms. The molecule has 28 heavy (non-hydrogen) atoms. The van der Waals surface area contributed by atoms with Crippen molar-refractivity contribution in [1.29, 1.82) is 0 Å². The van der Waals surface area contributed by atoms with Crippen LogP contribution in [0.2, 0.25) is 0 Å². The van der Waals surface area contributed by atoms with Crippen LogP contribution in [0.25, 0.3) is 0 Å². The fourth-order valence-electron chi connectivity index (χ4n) is 4.38. The highest BCUT2D eigenvalue weighted by atomic mass is 19.1. The van der Waals surface area contributed by atoms with E-state index >= 15 is 0 Å². The monoisotopic (exact) mass is 390 g/mol. The number of hydrogen-bond donors (Lipinski definition) is 1. The predicted octanol–water partition coefficient (Wildman–Crippen LogP) is 1.45. The maximum absolute atomic E-state index is 14.2. The Hall–Kier alpha value is -1.96. The molecule has 154 valence electrons. The minimum atomic E-state index is -0.901. The lowest BCUT2D eigenvalue weighted by molar-refractivity contribution is -0.126. The minimum absolute atomic E-state index is 0.0737. The smallest absolute Gasteiger partial charge is 0.226 e. The molecule has 3 aliphatic rings. The summed E-state index contributed by atoms with van der Waals surface area (Å²) >= 11 is 0. The molecular formula is C20H31FN6O. The van der Waals surface area contributed by atoms with E-state index < -0.39 is 6.17 Å². The Labute approximate surface area is 166 Å².